The summed E-state index contributed by atoms with van der Waals surface area (Å²) in [6.07, 6.45) is -0.487. The van der Waals surface area contributed by atoms with Crippen LogP contribution in [-0.2, 0) is 37.5 Å². The molecule has 0 amide bonds. The third kappa shape index (κ3) is 22.7. The zero-order chi connectivity index (χ0) is 32.0. The summed E-state index contributed by atoms with van der Waals surface area (Å²) in [5, 5.41) is 34.1. The van der Waals surface area contributed by atoms with Crippen LogP contribution in [0.3, 0.4) is 0 Å². The molecule has 1 saturated heterocycles. The van der Waals surface area contributed by atoms with Crippen LogP contribution in [0.25, 0.3) is 0 Å². The van der Waals surface area contributed by atoms with Gasteiger partial charge in [0.05, 0.1) is 17.9 Å². The van der Waals surface area contributed by atoms with Crippen LogP contribution in [0.1, 0.15) is 11.1 Å². The predicted octanol–water partition coefficient (Wildman–Crippen LogP) is -6.31. The van der Waals surface area contributed by atoms with Crippen molar-refractivity contribution in [2.45, 2.75) is 13.1 Å². The van der Waals surface area contributed by atoms with Crippen molar-refractivity contribution < 1.29 is 101 Å². The second kappa shape index (κ2) is 28.6. The summed E-state index contributed by atoms with van der Waals surface area (Å²) in [4.78, 5) is 56.1. The first-order chi connectivity index (χ1) is 21.0. The monoisotopic (exact) mass is 872 g/mol. The third-order valence-electron chi connectivity index (χ3n) is 7.32. The number of aliphatic carboxylic acids is 3. The van der Waals surface area contributed by atoms with Crippen molar-refractivity contribution in [2.75, 3.05) is 84.6 Å². The zero-order valence-electron chi connectivity index (χ0n) is 28.3. The number of quaternary nitrogens is 1. The number of carboxylic acid groups (broad SMARTS) is 3. The van der Waals surface area contributed by atoms with Gasteiger partial charge in [0.1, 0.15) is 0 Å². The van der Waals surface area contributed by atoms with Crippen LogP contribution in [0.2, 0.25) is 0 Å². The van der Waals surface area contributed by atoms with Crippen LogP contribution in [0.4, 0.5) is 0 Å². The normalized spacial score (nSPS) is 16.0. The van der Waals surface area contributed by atoms with Gasteiger partial charge in [-0.05, 0) is 11.1 Å². The first-order valence-corrected chi connectivity index (χ1v) is 16.6. The standard InChI is InChI=1S/C30H44N5O8P.H3N.4H2O.Sm/c36-28(37)21-31-11-13-32(22-29(38)39)15-17-34(18-16-33(14-12-31)23-30(40)41)24-44(42,43)25-35(19-26-7-3-1-4-8-26)20-27-9-5-2-6-10-27;;;;;;/h1-10H,11-25H2,(H,36,37)(H,38,39)(H,40,41)(H,42,43);1H3;4*1H2;/q;;;;;;+3/p-2. The van der Waals surface area contributed by atoms with Crippen LogP contribution in [-0.4, -0.2) is 143 Å². The maximum atomic E-state index is 13.7. The van der Waals surface area contributed by atoms with Crippen LogP contribution < -0.4 is 26.4 Å². The van der Waals surface area contributed by atoms with E-state index in [4.69, 9.17) is 0 Å². The molecule has 1 fully saturated rings. The Hall–Kier alpha value is -2.02. The van der Waals surface area contributed by atoms with Crippen molar-refractivity contribution in [3.05, 3.63) is 71.8 Å². The summed E-state index contributed by atoms with van der Waals surface area (Å²) in [5.41, 5.74) is 1.94. The van der Waals surface area contributed by atoms with Gasteiger partial charge in [-0.25, -0.2) is 0 Å². The van der Waals surface area contributed by atoms with Crippen LogP contribution in [0, 0.1) is 40.4 Å². The summed E-state index contributed by atoms with van der Waals surface area (Å²) >= 11 is 0. The maximum absolute atomic E-state index is 13.7. The van der Waals surface area contributed by atoms with E-state index >= 15 is 0 Å². The molecule has 0 aromatic heterocycles. The summed E-state index contributed by atoms with van der Waals surface area (Å²) < 4.78 is 13.7. The molecule has 50 heavy (non-hydrogen) atoms. The molecule has 1 heterocycles. The van der Waals surface area contributed by atoms with Crippen molar-refractivity contribution in [3.63, 3.8) is 0 Å². The van der Waals surface area contributed by atoms with Gasteiger partial charge in [-0.1, -0.05) is 60.7 Å². The Morgan fingerprint density at radius 3 is 1.16 bits per heavy atom. The minimum absolute atomic E-state index is 0. The fourth-order valence-electron chi connectivity index (χ4n) is 5.24. The van der Waals surface area contributed by atoms with E-state index in [1.54, 1.807) is 19.6 Å². The number of rotatable bonds is 14. The molecule has 2 aromatic carbocycles. The van der Waals surface area contributed by atoms with Gasteiger partial charge < -0.3 is 67.2 Å². The minimum Gasteiger partial charge on any atom is -0.798 e. The number of benzene rings is 2. The maximum Gasteiger partial charge on any atom is 3.00 e. The molecule has 1 aliphatic rings. The molecule has 1 aliphatic heterocycles. The average Bonchev–Trinajstić information content (AvgIpc) is 2.94. The number of nitrogens with zero attached hydrogens (tertiary/aromatic N) is 5. The van der Waals surface area contributed by atoms with E-state index in [0.717, 1.165) is 11.1 Å². The summed E-state index contributed by atoms with van der Waals surface area (Å²) in [6.45, 7) is 1.14. The van der Waals surface area contributed by atoms with Gasteiger partial charge in [-0.2, -0.15) is 0 Å². The second-order valence-electron chi connectivity index (χ2n) is 11.1. The molecule has 20 heteroatoms. The fourth-order valence-corrected chi connectivity index (χ4v) is 7.03. The third-order valence-corrected chi connectivity index (χ3v) is 8.98. The molecule has 3 rings (SSSR count). The number of carbonyl (C=O) groups excluding carboxylic acids is 3. The van der Waals surface area contributed by atoms with Gasteiger partial charge in [0, 0.05) is 105 Å². The molecule has 1 radical (unpaired) electrons. The van der Waals surface area contributed by atoms with Crippen LogP contribution in [0.15, 0.2) is 60.7 Å². The Kier molecular flexibility index (Phi) is 31.3. The van der Waals surface area contributed by atoms with E-state index in [-0.39, 0.29) is 133 Å². The molecule has 18 nitrogen and oxygen atoms in total. The summed E-state index contributed by atoms with van der Waals surface area (Å²) in [5.74, 6) is -3.91. The number of carboxylic acids is 3. The summed E-state index contributed by atoms with van der Waals surface area (Å²) in [7, 11) is -4.06. The average molecular weight is 871 g/mol. The second-order valence-corrected chi connectivity index (χ2v) is 13.3. The van der Waals surface area contributed by atoms with E-state index in [2.05, 4.69) is 0 Å². The smallest absolute Gasteiger partial charge is 0.798 e. The molecule has 1 atom stereocenters. The van der Waals surface area contributed by atoms with E-state index < -0.39 is 44.9 Å². The molecular formula is C30H53N6O12PSm+. The SMILES string of the molecule is O.O.O.O=C([O-])CN1CCN(CC(=O)[O-])CCN(CP(=O)([O-])CN(Cc2ccccc2)Cc2ccccc2)CCN(CC(=O)[O-])CC1.[NH4+].[OH3+].[Sm+3]. The van der Waals surface area contributed by atoms with E-state index in [9.17, 15) is 39.2 Å². The predicted molar refractivity (Wildman–Crippen MR) is 177 cm³/mol. The van der Waals surface area contributed by atoms with Crippen molar-refractivity contribution in [3.8, 4) is 0 Å². The quantitative estimate of drug-likeness (QED) is 0.137. The number of hydrogen-bond donors (Lipinski definition) is 1. The molecule has 0 saturated carbocycles. The van der Waals surface area contributed by atoms with Gasteiger partial charge in [-0.15, -0.1) is 0 Å². The van der Waals surface area contributed by atoms with Gasteiger partial charge in [-0.3, -0.25) is 24.5 Å². The summed E-state index contributed by atoms with van der Waals surface area (Å²) in [6, 6.07) is 19.2. The Bertz CT molecular complexity index is 1180. The van der Waals surface area contributed by atoms with E-state index in [0.29, 0.717) is 13.1 Å². The molecule has 2 aromatic rings. The molecule has 0 aliphatic carbocycles. The fraction of sp³-hybridized carbons (Fsp3) is 0.500. The minimum atomic E-state index is -4.06. The Morgan fingerprint density at radius 1 is 0.600 bits per heavy atom. The van der Waals surface area contributed by atoms with E-state index in [1.165, 1.54) is 0 Å². The number of hydrogen-bond acceptors (Lipinski definition) is 13. The van der Waals surface area contributed by atoms with Gasteiger partial charge in [0.2, 0.25) is 0 Å². The largest absolute Gasteiger partial charge is 3.00 e. The molecule has 13 N–H and O–H groups in total. The zero-order valence-corrected chi connectivity index (χ0v) is 31.8. The van der Waals surface area contributed by atoms with Gasteiger partial charge >= 0.3 is 40.4 Å². The molecule has 285 valence electrons. The van der Waals surface area contributed by atoms with Gasteiger partial charge in [0.25, 0.3) is 0 Å². The Morgan fingerprint density at radius 2 is 0.880 bits per heavy atom. The molecular weight excluding hydrogens is 818 g/mol. The topological polar surface area (TPSA) is 341 Å². The Labute approximate surface area is 325 Å². The Balaban J connectivity index is -0.00000176. The molecule has 0 spiro atoms. The first kappa shape index (κ1) is 54.7. The van der Waals surface area contributed by atoms with E-state index in [1.807, 2.05) is 65.6 Å². The first-order valence-electron chi connectivity index (χ1n) is 14.6. The molecule has 1 unspecified atom stereocenters. The van der Waals surface area contributed by atoms with Crippen LogP contribution in [0.5, 0.6) is 0 Å². The van der Waals surface area contributed by atoms with Crippen molar-refractivity contribution >= 4 is 25.3 Å². The van der Waals surface area contributed by atoms with Crippen molar-refractivity contribution in [2.24, 2.45) is 0 Å². The number of carbonyl (C=O) groups is 3. The van der Waals surface area contributed by atoms with Crippen molar-refractivity contribution in [1.82, 2.24) is 30.7 Å². The van der Waals surface area contributed by atoms with Crippen LogP contribution >= 0.6 is 7.37 Å². The van der Waals surface area contributed by atoms with Gasteiger partial charge in [0.15, 0.2) is 0 Å². The molecule has 0 bridgehead atoms. The van der Waals surface area contributed by atoms with Crippen molar-refractivity contribution in [1.29, 1.82) is 0 Å².